The number of carbonyl (C=O) groups is 1. The normalized spacial score (nSPS) is 12.3. The second-order valence-electron chi connectivity index (χ2n) is 6.10. The molecule has 128 valence electrons. The maximum atomic E-state index is 12.0. The first-order valence-electron chi connectivity index (χ1n) is 7.63. The van der Waals surface area contributed by atoms with E-state index in [1.54, 1.807) is 32.9 Å². The number of nitrogens with one attached hydrogen (secondary N) is 1. The molecule has 1 amide bonds. The largest absolute Gasteiger partial charge is 0.489 e. The molecular formula is C17H25NO5. The highest BCUT2D eigenvalue weighted by Gasteiger charge is 2.22. The molecule has 0 spiro atoms. The Balaban J connectivity index is 2.95. The van der Waals surface area contributed by atoms with Gasteiger partial charge in [0.25, 0.3) is 0 Å². The van der Waals surface area contributed by atoms with Gasteiger partial charge in [0.05, 0.1) is 12.1 Å². The molecule has 0 aromatic carbocycles. The molecule has 1 rings (SSSR count). The standard InChI is InChI=1S/C17H25NO5/c1-6-8-13(18-16(20)23-17(3,4)5)14-10-12(21-9-7-2)11-15(19)22-14/h7,10-11,13H,2,6,8-9H2,1,3-5H3,(H,18,20). The van der Waals surface area contributed by atoms with Crippen molar-refractivity contribution in [2.75, 3.05) is 6.61 Å². The Bertz CT molecular complexity index is 585. The highest BCUT2D eigenvalue weighted by Crippen LogP contribution is 2.22. The van der Waals surface area contributed by atoms with Crippen LogP contribution in [-0.4, -0.2) is 18.3 Å². The van der Waals surface area contributed by atoms with Gasteiger partial charge in [-0.25, -0.2) is 9.59 Å². The van der Waals surface area contributed by atoms with E-state index in [2.05, 4.69) is 11.9 Å². The highest BCUT2D eigenvalue weighted by atomic mass is 16.6. The molecule has 0 aliphatic heterocycles. The number of carbonyl (C=O) groups excluding carboxylic acids is 1. The van der Waals surface area contributed by atoms with Gasteiger partial charge in [0.15, 0.2) is 0 Å². The molecule has 0 bridgehead atoms. The monoisotopic (exact) mass is 323 g/mol. The summed E-state index contributed by atoms with van der Waals surface area (Å²) < 4.78 is 15.8. The van der Waals surface area contributed by atoms with E-state index in [1.165, 1.54) is 6.07 Å². The van der Waals surface area contributed by atoms with Crippen LogP contribution in [0.2, 0.25) is 0 Å². The van der Waals surface area contributed by atoms with E-state index < -0.39 is 23.4 Å². The summed E-state index contributed by atoms with van der Waals surface area (Å²) >= 11 is 0. The van der Waals surface area contributed by atoms with Gasteiger partial charge in [-0.3, -0.25) is 0 Å². The molecule has 6 heteroatoms. The van der Waals surface area contributed by atoms with Crippen molar-refractivity contribution in [2.45, 2.75) is 52.2 Å². The quantitative estimate of drug-likeness (QED) is 0.776. The Kier molecular flexibility index (Phi) is 6.88. The van der Waals surface area contributed by atoms with Crippen molar-refractivity contribution >= 4 is 6.09 Å². The van der Waals surface area contributed by atoms with Crippen LogP contribution >= 0.6 is 0 Å². The maximum Gasteiger partial charge on any atom is 0.408 e. The average molecular weight is 323 g/mol. The summed E-state index contributed by atoms with van der Waals surface area (Å²) in [6.45, 7) is 11.2. The molecule has 0 fully saturated rings. The fourth-order valence-corrected chi connectivity index (χ4v) is 1.91. The second-order valence-corrected chi connectivity index (χ2v) is 6.10. The van der Waals surface area contributed by atoms with Crippen LogP contribution in [0.25, 0.3) is 0 Å². The van der Waals surface area contributed by atoms with Crippen molar-refractivity contribution in [1.82, 2.24) is 5.32 Å². The van der Waals surface area contributed by atoms with Crippen molar-refractivity contribution in [3.05, 3.63) is 41.0 Å². The third-order valence-electron chi connectivity index (χ3n) is 2.74. The van der Waals surface area contributed by atoms with Crippen molar-refractivity contribution in [3.63, 3.8) is 0 Å². The first-order valence-corrected chi connectivity index (χ1v) is 7.63. The molecule has 6 nitrogen and oxygen atoms in total. The fourth-order valence-electron chi connectivity index (χ4n) is 1.91. The van der Waals surface area contributed by atoms with Gasteiger partial charge >= 0.3 is 11.7 Å². The van der Waals surface area contributed by atoms with Crippen LogP contribution in [0.15, 0.2) is 34.0 Å². The number of alkyl carbamates (subject to hydrolysis) is 1. The summed E-state index contributed by atoms with van der Waals surface area (Å²) in [4.78, 5) is 23.6. The van der Waals surface area contributed by atoms with Gasteiger partial charge in [-0.1, -0.05) is 26.0 Å². The van der Waals surface area contributed by atoms with Crippen LogP contribution in [0.3, 0.4) is 0 Å². The van der Waals surface area contributed by atoms with Gasteiger partial charge in [0, 0.05) is 6.07 Å². The minimum atomic E-state index is -0.601. The van der Waals surface area contributed by atoms with Gasteiger partial charge < -0.3 is 19.2 Å². The Hall–Kier alpha value is -2.24. The van der Waals surface area contributed by atoms with E-state index in [0.29, 0.717) is 17.9 Å². The average Bonchev–Trinajstić information content (AvgIpc) is 2.42. The van der Waals surface area contributed by atoms with Gasteiger partial charge in [-0.2, -0.15) is 0 Å². The topological polar surface area (TPSA) is 77.8 Å². The molecule has 0 aliphatic rings. The molecule has 1 N–H and O–H groups in total. The SMILES string of the molecule is C=CCOc1cc(C(CCC)NC(=O)OC(C)(C)C)oc(=O)c1. The second kappa shape index (κ2) is 8.41. The van der Waals surface area contributed by atoms with Gasteiger partial charge in [0.1, 0.15) is 23.7 Å². The molecule has 0 saturated heterocycles. The smallest absolute Gasteiger partial charge is 0.408 e. The lowest BCUT2D eigenvalue weighted by Gasteiger charge is -2.23. The van der Waals surface area contributed by atoms with Gasteiger partial charge in [0.2, 0.25) is 0 Å². The summed E-state index contributed by atoms with van der Waals surface area (Å²) in [6.07, 6.45) is 2.42. The fraction of sp³-hybridized carbons (Fsp3) is 0.529. The minimum absolute atomic E-state index is 0.279. The third kappa shape index (κ3) is 7.04. The third-order valence-corrected chi connectivity index (χ3v) is 2.74. The number of ether oxygens (including phenoxy) is 2. The van der Waals surface area contributed by atoms with E-state index >= 15 is 0 Å². The van der Waals surface area contributed by atoms with E-state index in [-0.39, 0.29) is 6.61 Å². The van der Waals surface area contributed by atoms with E-state index in [9.17, 15) is 9.59 Å². The van der Waals surface area contributed by atoms with E-state index in [4.69, 9.17) is 13.9 Å². The van der Waals surface area contributed by atoms with Crippen molar-refractivity contribution in [1.29, 1.82) is 0 Å². The Morgan fingerprint density at radius 1 is 1.43 bits per heavy atom. The van der Waals surface area contributed by atoms with Gasteiger partial charge in [-0.05, 0) is 27.2 Å². The molecular weight excluding hydrogens is 298 g/mol. The van der Waals surface area contributed by atoms with Crippen LogP contribution in [0.4, 0.5) is 4.79 Å². The molecule has 0 radical (unpaired) electrons. The zero-order chi connectivity index (χ0) is 17.5. The van der Waals surface area contributed by atoms with E-state index in [0.717, 1.165) is 6.42 Å². The minimum Gasteiger partial charge on any atom is -0.489 e. The zero-order valence-electron chi connectivity index (χ0n) is 14.2. The highest BCUT2D eigenvalue weighted by molar-refractivity contribution is 5.68. The lowest BCUT2D eigenvalue weighted by Crippen LogP contribution is -2.35. The molecule has 1 unspecified atom stereocenters. The lowest BCUT2D eigenvalue weighted by molar-refractivity contribution is 0.0493. The molecule has 1 aromatic heterocycles. The van der Waals surface area contributed by atoms with Gasteiger partial charge in [-0.15, -0.1) is 0 Å². The Morgan fingerprint density at radius 2 is 2.13 bits per heavy atom. The summed E-state index contributed by atoms with van der Waals surface area (Å²) in [5.41, 5.74) is -1.13. The summed E-state index contributed by atoms with van der Waals surface area (Å²) in [6, 6.07) is 2.39. The number of hydrogen-bond acceptors (Lipinski definition) is 5. The van der Waals surface area contributed by atoms with Crippen molar-refractivity contribution in [3.8, 4) is 5.75 Å². The molecule has 1 heterocycles. The molecule has 1 aromatic rings. The Morgan fingerprint density at radius 3 is 2.70 bits per heavy atom. The predicted molar refractivity (Wildman–Crippen MR) is 87.7 cm³/mol. The van der Waals surface area contributed by atoms with Crippen LogP contribution in [-0.2, 0) is 4.74 Å². The number of rotatable bonds is 7. The molecule has 0 aliphatic carbocycles. The van der Waals surface area contributed by atoms with Crippen LogP contribution in [0, 0.1) is 0 Å². The first-order chi connectivity index (χ1) is 10.7. The number of amides is 1. The van der Waals surface area contributed by atoms with Crippen molar-refractivity contribution in [2.24, 2.45) is 0 Å². The Labute approximate surface area is 136 Å². The van der Waals surface area contributed by atoms with Crippen LogP contribution in [0.5, 0.6) is 5.75 Å². The predicted octanol–water partition coefficient (Wildman–Crippen LogP) is 3.57. The number of hydrogen-bond donors (Lipinski definition) is 1. The van der Waals surface area contributed by atoms with Crippen molar-refractivity contribution < 1.29 is 18.7 Å². The van der Waals surface area contributed by atoms with Crippen LogP contribution < -0.4 is 15.7 Å². The lowest BCUT2D eigenvalue weighted by atomic mass is 10.1. The molecule has 1 atom stereocenters. The summed E-state index contributed by atoms with van der Waals surface area (Å²) in [7, 11) is 0. The maximum absolute atomic E-state index is 12.0. The zero-order valence-corrected chi connectivity index (χ0v) is 14.2. The molecule has 23 heavy (non-hydrogen) atoms. The molecule has 0 saturated carbocycles. The summed E-state index contributed by atoms with van der Waals surface area (Å²) in [5, 5.41) is 2.73. The first kappa shape index (κ1) is 18.8. The van der Waals surface area contributed by atoms with E-state index in [1.807, 2.05) is 6.92 Å². The van der Waals surface area contributed by atoms with Crippen LogP contribution in [0.1, 0.15) is 52.3 Å². The summed E-state index contributed by atoms with van der Waals surface area (Å²) in [5.74, 6) is 0.715.